The highest BCUT2D eigenvalue weighted by Gasteiger charge is 2.43. The van der Waals surface area contributed by atoms with Gasteiger partial charge >= 0.3 is 5.92 Å². The molecule has 36 heavy (non-hydrogen) atoms. The van der Waals surface area contributed by atoms with Gasteiger partial charge in [0.1, 0.15) is 37.4 Å². The van der Waals surface area contributed by atoms with E-state index in [1.54, 1.807) is 41.7 Å². The van der Waals surface area contributed by atoms with Crippen LogP contribution in [-0.4, -0.2) is 66.0 Å². The first kappa shape index (κ1) is 26.0. The molecule has 14 heteroatoms. The van der Waals surface area contributed by atoms with Gasteiger partial charge in [0.25, 0.3) is 11.8 Å². The number of rotatable bonds is 5. The molecule has 2 aromatic carbocycles. The van der Waals surface area contributed by atoms with E-state index in [1.165, 1.54) is 18.8 Å². The number of alkyl halides is 2. The smallest absolute Gasteiger partial charge is 0.349 e. The summed E-state index contributed by atoms with van der Waals surface area (Å²) in [7, 11) is 6.33. The van der Waals surface area contributed by atoms with E-state index in [1.807, 2.05) is 0 Å². The fourth-order valence-electron chi connectivity index (χ4n) is 4.73. The first-order chi connectivity index (χ1) is 16.8. The van der Waals surface area contributed by atoms with E-state index in [-0.39, 0.29) is 36.7 Å². The van der Waals surface area contributed by atoms with Gasteiger partial charge in [-0.15, -0.1) is 0 Å². The van der Waals surface area contributed by atoms with Gasteiger partial charge in [0.15, 0.2) is 0 Å². The van der Waals surface area contributed by atoms with Crippen molar-refractivity contribution in [2.45, 2.75) is 37.3 Å². The molecular weight excluding hydrogens is 487 g/mol. The standard InChI is InChI=1S/C22H22B4ClF2N3O4/c23-12-6-11(15(24)16(25)17(12)27)22(28,29)21(36)31-18(26)8-1-2-10-9(5-8)7-32(20(10)35)13-3-4-14(33)30-19(13)34/h1-2,5-6,13,18H,3-4,7,23-26H2,(H,31,36)(H,30,33,34). The summed E-state index contributed by atoms with van der Waals surface area (Å²) >= 11 is 6.17. The molecule has 4 rings (SSSR count). The fraction of sp³-hybridized carbons (Fsp3) is 0.273. The third-order valence-electron chi connectivity index (χ3n) is 7.02. The molecule has 2 N–H and O–H groups in total. The number of fused-ring (bicyclic) bond motifs is 1. The molecule has 0 radical (unpaired) electrons. The van der Waals surface area contributed by atoms with Gasteiger partial charge in [-0.1, -0.05) is 46.2 Å². The van der Waals surface area contributed by atoms with E-state index in [9.17, 15) is 19.2 Å². The molecule has 2 atom stereocenters. The predicted octanol–water partition coefficient (Wildman–Crippen LogP) is -3.58. The lowest BCUT2D eigenvalue weighted by Gasteiger charge is -2.29. The second kappa shape index (κ2) is 9.42. The SMILES string of the molecule is Bc1cc(C(F)(F)C(=O)NC(B)c2ccc3c(c2)CN(C2CCC(=O)NC2=O)C3=O)c(B)c(B)c1Cl. The molecule has 4 amide bonds. The van der Waals surface area contributed by atoms with Crippen LogP contribution in [0, 0.1) is 0 Å². The lowest BCUT2D eigenvalue weighted by molar-refractivity contribution is -0.147. The van der Waals surface area contributed by atoms with Gasteiger partial charge < -0.3 is 10.2 Å². The number of carbonyl (C=O) groups is 4. The molecule has 0 aliphatic carbocycles. The number of nitrogens with zero attached hydrogens (tertiary/aromatic N) is 1. The zero-order valence-electron chi connectivity index (χ0n) is 20.3. The quantitative estimate of drug-likeness (QED) is 0.322. The number of hydrogen-bond acceptors (Lipinski definition) is 4. The highest BCUT2D eigenvalue weighted by molar-refractivity contribution is 6.59. The maximum atomic E-state index is 15.2. The first-order valence-corrected chi connectivity index (χ1v) is 11.9. The Hall–Kier alpha value is -3.07. The molecule has 0 spiro atoms. The van der Waals surface area contributed by atoms with Crippen molar-refractivity contribution in [3.05, 3.63) is 51.5 Å². The highest BCUT2D eigenvalue weighted by Crippen LogP contribution is 2.31. The molecule has 2 heterocycles. The van der Waals surface area contributed by atoms with Crippen LogP contribution in [0.5, 0.6) is 0 Å². The van der Waals surface area contributed by atoms with Crippen LogP contribution in [0.2, 0.25) is 5.02 Å². The molecule has 2 aliphatic rings. The average molecular weight is 509 g/mol. The van der Waals surface area contributed by atoms with Crippen molar-refractivity contribution >= 4 is 83.0 Å². The minimum absolute atomic E-state index is 0.144. The molecule has 0 bridgehead atoms. The molecule has 2 unspecified atom stereocenters. The van der Waals surface area contributed by atoms with Crippen molar-refractivity contribution in [1.82, 2.24) is 15.5 Å². The van der Waals surface area contributed by atoms with Gasteiger partial charge in [0.05, 0.1) is 0 Å². The average Bonchev–Trinajstić information content (AvgIpc) is 3.15. The van der Waals surface area contributed by atoms with Crippen molar-refractivity contribution in [2.75, 3.05) is 0 Å². The zero-order chi connectivity index (χ0) is 26.5. The van der Waals surface area contributed by atoms with E-state index >= 15 is 8.78 Å². The number of imide groups is 1. The Morgan fingerprint density at radius 1 is 1.17 bits per heavy atom. The zero-order valence-corrected chi connectivity index (χ0v) is 21.1. The van der Waals surface area contributed by atoms with Crippen LogP contribution < -0.4 is 27.0 Å². The van der Waals surface area contributed by atoms with Crippen LogP contribution in [0.3, 0.4) is 0 Å². The van der Waals surface area contributed by atoms with Crippen LogP contribution in [0.4, 0.5) is 8.78 Å². The monoisotopic (exact) mass is 509 g/mol. The molecular formula is C22H22B4ClF2N3O4. The van der Waals surface area contributed by atoms with E-state index in [4.69, 9.17) is 11.6 Å². The van der Waals surface area contributed by atoms with Crippen LogP contribution in [-0.2, 0) is 26.9 Å². The number of halogens is 3. The summed E-state index contributed by atoms with van der Waals surface area (Å²) in [5.41, 5.74) is 2.37. The summed E-state index contributed by atoms with van der Waals surface area (Å²) in [6, 6.07) is 5.31. The van der Waals surface area contributed by atoms with E-state index < -0.39 is 35.3 Å². The molecule has 1 saturated heterocycles. The summed E-state index contributed by atoms with van der Waals surface area (Å²) in [6.45, 7) is 0.146. The summed E-state index contributed by atoms with van der Waals surface area (Å²) in [6.07, 6.45) is 0.382. The Morgan fingerprint density at radius 2 is 1.86 bits per heavy atom. The number of carbonyl (C=O) groups excluding carboxylic acids is 4. The molecule has 2 aromatic rings. The molecule has 1 fully saturated rings. The Balaban J connectivity index is 1.52. The van der Waals surface area contributed by atoms with Crippen molar-refractivity contribution in [3.63, 3.8) is 0 Å². The van der Waals surface area contributed by atoms with Crippen LogP contribution in [0.25, 0.3) is 0 Å². The van der Waals surface area contributed by atoms with Crippen molar-refractivity contribution in [1.29, 1.82) is 0 Å². The largest absolute Gasteiger partial charge is 0.352 e. The van der Waals surface area contributed by atoms with Crippen molar-refractivity contribution in [2.24, 2.45) is 0 Å². The molecule has 182 valence electrons. The second-order valence-electron chi connectivity index (χ2n) is 9.39. The van der Waals surface area contributed by atoms with Gasteiger partial charge in [-0.25, -0.2) is 0 Å². The van der Waals surface area contributed by atoms with Crippen LogP contribution in [0.1, 0.15) is 45.8 Å². The van der Waals surface area contributed by atoms with Gasteiger partial charge in [-0.2, -0.15) is 8.78 Å². The number of amides is 4. The highest BCUT2D eigenvalue weighted by atomic mass is 35.5. The van der Waals surface area contributed by atoms with Gasteiger partial charge in [-0.3, -0.25) is 24.5 Å². The summed E-state index contributed by atoms with van der Waals surface area (Å²) in [5, 5.41) is 5.02. The minimum Gasteiger partial charge on any atom is -0.352 e. The number of hydrogen-bond donors (Lipinski definition) is 2. The third kappa shape index (κ3) is 4.45. The van der Waals surface area contributed by atoms with E-state index in [0.717, 1.165) is 0 Å². The number of benzene rings is 2. The fourth-order valence-corrected chi connectivity index (χ4v) is 4.93. The van der Waals surface area contributed by atoms with Crippen molar-refractivity contribution in [3.8, 4) is 0 Å². The molecule has 2 aliphatic heterocycles. The third-order valence-corrected chi connectivity index (χ3v) is 7.60. The Labute approximate surface area is 215 Å². The van der Waals surface area contributed by atoms with Crippen molar-refractivity contribution < 1.29 is 28.0 Å². The first-order valence-electron chi connectivity index (χ1n) is 11.6. The lowest BCUT2D eigenvalue weighted by atomic mass is 9.72. The topological polar surface area (TPSA) is 95.6 Å². The van der Waals surface area contributed by atoms with Gasteiger partial charge in [0.2, 0.25) is 11.8 Å². The maximum absolute atomic E-state index is 15.2. The summed E-state index contributed by atoms with van der Waals surface area (Å²) in [5.74, 6) is -7.22. The van der Waals surface area contributed by atoms with Crippen LogP contribution >= 0.6 is 11.6 Å². The second-order valence-corrected chi connectivity index (χ2v) is 9.77. The molecule has 7 nitrogen and oxygen atoms in total. The minimum atomic E-state index is -3.78. The Bertz CT molecular complexity index is 1330. The lowest BCUT2D eigenvalue weighted by Crippen LogP contribution is -2.52. The number of piperidine rings is 1. The van der Waals surface area contributed by atoms with E-state index in [0.29, 0.717) is 32.6 Å². The maximum Gasteiger partial charge on any atom is 0.349 e. The van der Waals surface area contributed by atoms with E-state index in [2.05, 4.69) is 10.6 Å². The normalized spacial score (nSPS) is 18.6. The number of nitrogens with one attached hydrogen (secondary N) is 2. The van der Waals surface area contributed by atoms with Gasteiger partial charge in [-0.05, 0) is 23.6 Å². The molecule has 0 aromatic heterocycles. The Kier molecular flexibility index (Phi) is 6.81. The Morgan fingerprint density at radius 3 is 2.53 bits per heavy atom. The summed E-state index contributed by atoms with van der Waals surface area (Å²) < 4.78 is 30.4. The van der Waals surface area contributed by atoms with Crippen LogP contribution in [0.15, 0.2) is 24.3 Å². The predicted molar refractivity (Wildman–Crippen MR) is 142 cm³/mol. The summed E-state index contributed by atoms with van der Waals surface area (Å²) in [4.78, 5) is 50.6. The van der Waals surface area contributed by atoms with Gasteiger partial charge in [0, 0.05) is 35.1 Å². The molecule has 0 saturated carbocycles.